The molecule has 5 N–H and O–H groups in total. The van der Waals surface area contributed by atoms with E-state index in [0.29, 0.717) is 0 Å². The molecule has 0 aromatic heterocycles. The molecule has 0 aliphatic carbocycles. The molecule has 0 atom stereocenters. The van der Waals surface area contributed by atoms with E-state index in [4.69, 9.17) is 34.3 Å². The zero-order valence-electron chi connectivity index (χ0n) is 10.7. The average Bonchev–Trinajstić information content (AvgIpc) is 1.19. The summed E-state index contributed by atoms with van der Waals surface area (Å²) in [7, 11) is -4.64. The first-order chi connectivity index (χ1) is 3.73. The molecule has 0 unspecified atom stereocenters. The summed E-state index contributed by atoms with van der Waals surface area (Å²) >= 11 is 0. The number of hydrogen-bond acceptors (Lipinski definition) is 2. The minimum atomic E-state index is -4.64. The number of carboxylic acid groups (broad SMARTS) is 2. The predicted octanol–water partition coefficient (Wildman–Crippen LogP) is -6.63. The number of hydrogen-bond donors (Lipinski definition) is 5. The van der Waals surface area contributed by atoms with E-state index in [1.807, 2.05) is 0 Å². The van der Waals surface area contributed by atoms with Crippen LogP contribution in [0, 0.1) is 0 Å². The standard InChI is InChI=1S/CH2O3.Ca.2K.H3O4P.4H/c2-1(3)4;;;;1-5(2,3)4;;;;/h(H2,2,3,4);;;;(H3,1,2,3,4);;;;/q;+2;2*+1;;4*-1. The summed E-state index contributed by atoms with van der Waals surface area (Å²) in [5.74, 6) is 0. The maximum Gasteiger partial charge on any atom is 2.00 e. The van der Waals surface area contributed by atoms with Gasteiger partial charge >= 0.3 is 154 Å². The van der Waals surface area contributed by atoms with Gasteiger partial charge in [0.05, 0.1) is 0 Å². The molecule has 0 radical (unpaired) electrons. The molecule has 7 nitrogen and oxygen atoms in total. The van der Waals surface area contributed by atoms with Crippen LogP contribution in [-0.2, 0) is 4.57 Å². The molecule has 0 spiro atoms. The maximum absolute atomic E-state index is 8.88. The number of phosphoric acid groups is 1. The Morgan fingerprint density at radius 2 is 1.08 bits per heavy atom. The van der Waals surface area contributed by atoms with Gasteiger partial charge in [0, 0.05) is 0 Å². The van der Waals surface area contributed by atoms with Crippen molar-refractivity contribution in [3.05, 3.63) is 0 Å². The first kappa shape index (κ1) is 29.7. The van der Waals surface area contributed by atoms with Crippen LogP contribution in [0.4, 0.5) is 4.79 Å². The van der Waals surface area contributed by atoms with Gasteiger partial charge in [-0.05, 0) is 0 Å². The molecule has 0 heterocycles. The van der Waals surface area contributed by atoms with Gasteiger partial charge in [-0.3, -0.25) is 0 Å². The molecule has 0 saturated carbocycles. The minimum absolute atomic E-state index is 0. The van der Waals surface area contributed by atoms with Gasteiger partial charge in [0.1, 0.15) is 0 Å². The van der Waals surface area contributed by atoms with E-state index in [2.05, 4.69) is 0 Å². The Bertz CT molecular complexity index is 134. The maximum atomic E-state index is 8.88. The second-order valence-electron chi connectivity index (χ2n) is 0.796. The monoisotopic (exact) mass is 282 g/mol. The summed E-state index contributed by atoms with van der Waals surface area (Å²) in [6.45, 7) is 0. The Balaban J connectivity index is -0.00000000614. The molecule has 12 heavy (non-hydrogen) atoms. The van der Waals surface area contributed by atoms with Crippen LogP contribution >= 0.6 is 7.82 Å². The van der Waals surface area contributed by atoms with Crippen molar-refractivity contribution in [3.63, 3.8) is 0 Å². The van der Waals surface area contributed by atoms with E-state index in [-0.39, 0.29) is 146 Å². The Labute approximate surface area is 189 Å². The van der Waals surface area contributed by atoms with Crippen LogP contribution in [0.5, 0.6) is 0 Å². The number of rotatable bonds is 0. The van der Waals surface area contributed by atoms with Gasteiger partial charge in [-0.15, -0.1) is 0 Å². The largest absolute Gasteiger partial charge is 2.00 e. The molecular formula is CH9CaK2O7P. The van der Waals surface area contributed by atoms with Gasteiger partial charge in [0.25, 0.3) is 0 Å². The van der Waals surface area contributed by atoms with Gasteiger partial charge in [-0.25, -0.2) is 9.36 Å². The van der Waals surface area contributed by atoms with Crippen molar-refractivity contribution >= 4 is 51.7 Å². The molecule has 0 bridgehead atoms. The summed E-state index contributed by atoms with van der Waals surface area (Å²) in [6, 6.07) is 0. The minimum Gasteiger partial charge on any atom is -1.00 e. The zero-order valence-corrected chi connectivity index (χ0v) is 16.1. The van der Waals surface area contributed by atoms with E-state index in [1.54, 1.807) is 0 Å². The van der Waals surface area contributed by atoms with Crippen molar-refractivity contribution in [1.82, 2.24) is 0 Å². The van der Waals surface area contributed by atoms with Gasteiger partial charge in [-0.1, -0.05) is 0 Å². The number of carbonyl (C=O) groups is 1. The first-order valence-corrected chi connectivity index (χ1v) is 3.00. The summed E-state index contributed by atoms with van der Waals surface area (Å²) in [4.78, 5) is 30.1. The molecule has 0 saturated heterocycles. The van der Waals surface area contributed by atoms with Gasteiger partial charge in [0.15, 0.2) is 0 Å². The van der Waals surface area contributed by atoms with Crippen LogP contribution < -0.4 is 103 Å². The van der Waals surface area contributed by atoms with Crippen LogP contribution in [0.1, 0.15) is 5.71 Å². The molecule has 11 heteroatoms. The van der Waals surface area contributed by atoms with Crippen molar-refractivity contribution in [2.24, 2.45) is 0 Å². The van der Waals surface area contributed by atoms with Gasteiger partial charge < -0.3 is 30.6 Å². The zero-order chi connectivity index (χ0) is 8.08. The van der Waals surface area contributed by atoms with Crippen LogP contribution in [0.3, 0.4) is 0 Å². The molecule has 0 aromatic rings. The summed E-state index contributed by atoms with van der Waals surface area (Å²) in [5, 5.41) is 13.9. The summed E-state index contributed by atoms with van der Waals surface area (Å²) in [5.41, 5.74) is 0. The Hall–Kier alpha value is 3.91. The van der Waals surface area contributed by atoms with E-state index in [9.17, 15) is 0 Å². The molecule has 0 aliphatic heterocycles. The van der Waals surface area contributed by atoms with Crippen molar-refractivity contribution in [2.45, 2.75) is 0 Å². The van der Waals surface area contributed by atoms with E-state index in [1.165, 1.54) is 0 Å². The molecule has 0 rings (SSSR count). The van der Waals surface area contributed by atoms with Gasteiger partial charge in [-0.2, -0.15) is 0 Å². The van der Waals surface area contributed by atoms with Crippen LogP contribution in [0.2, 0.25) is 0 Å². The van der Waals surface area contributed by atoms with E-state index in [0.717, 1.165) is 0 Å². The molecule has 0 aromatic carbocycles. The van der Waals surface area contributed by atoms with Crippen LogP contribution in [-0.4, -0.2) is 68.8 Å². The Kier molecular flexibility index (Phi) is 42.9. The molecule has 0 fully saturated rings. The molecule has 64 valence electrons. The van der Waals surface area contributed by atoms with Crippen molar-refractivity contribution in [1.29, 1.82) is 0 Å². The van der Waals surface area contributed by atoms with Crippen LogP contribution in [0.25, 0.3) is 0 Å². The van der Waals surface area contributed by atoms with Crippen molar-refractivity contribution < 1.29 is 143 Å². The average molecular weight is 282 g/mol. The third kappa shape index (κ3) is 152. The van der Waals surface area contributed by atoms with E-state index < -0.39 is 14.0 Å². The normalized spacial score (nSPS) is 6.92. The fourth-order valence-corrected chi connectivity index (χ4v) is 0. The van der Waals surface area contributed by atoms with Crippen molar-refractivity contribution in [3.8, 4) is 0 Å². The molecular weight excluding hydrogens is 273 g/mol. The summed E-state index contributed by atoms with van der Waals surface area (Å²) < 4.78 is 8.88. The SMILES string of the molecule is O=C(O)O.O=P(O)(O)O.[Ca+2].[H-].[H-].[H-].[H-].[K+].[K+]. The summed E-state index contributed by atoms with van der Waals surface area (Å²) in [6.07, 6.45) is -1.83. The third-order valence-corrected chi connectivity index (χ3v) is 0. The fraction of sp³-hybridized carbons (Fsp3) is 0. The predicted molar refractivity (Wildman–Crippen MR) is 35.1 cm³/mol. The smallest absolute Gasteiger partial charge is 1.00 e. The quantitative estimate of drug-likeness (QED) is 0.220. The topological polar surface area (TPSA) is 135 Å². The third-order valence-electron chi connectivity index (χ3n) is 0. The molecule has 0 aliphatic rings. The Morgan fingerprint density at radius 1 is 1.08 bits per heavy atom. The van der Waals surface area contributed by atoms with Gasteiger partial charge in [0.2, 0.25) is 0 Å². The van der Waals surface area contributed by atoms with E-state index >= 15 is 0 Å². The second kappa shape index (κ2) is 17.3. The first-order valence-electron chi connectivity index (χ1n) is 1.43. The van der Waals surface area contributed by atoms with Crippen molar-refractivity contribution in [2.75, 3.05) is 0 Å². The Morgan fingerprint density at radius 3 is 1.08 bits per heavy atom. The molecule has 0 amide bonds. The second-order valence-corrected chi connectivity index (χ2v) is 1.82. The fourth-order valence-electron chi connectivity index (χ4n) is 0. The van der Waals surface area contributed by atoms with Crippen LogP contribution in [0.15, 0.2) is 0 Å².